The van der Waals surface area contributed by atoms with Gasteiger partial charge in [0, 0.05) is 51.0 Å². The van der Waals surface area contributed by atoms with Crippen molar-refractivity contribution in [3.63, 3.8) is 0 Å². The van der Waals surface area contributed by atoms with E-state index in [1.54, 1.807) is 0 Å². The van der Waals surface area contributed by atoms with Crippen LogP contribution in [0.25, 0.3) is 10.8 Å². The molecule has 1 N–H and O–H groups in total. The number of aromatic nitrogens is 2. The van der Waals surface area contributed by atoms with Gasteiger partial charge >= 0.3 is 6.03 Å². The molecule has 1 aromatic heterocycles. The standard InChI is InChI=1S/C23H26N6O2/c30-23(25-20-6-5-18-3-1-2-4-19(18)15-20)29-9-7-28(8-10-29)22-16-21(17-24-26-22)27-11-13-31-14-12-27/h1-6,15-17H,7-14H2,(H,25,30). The number of piperazine rings is 1. The molecule has 2 amide bonds. The zero-order valence-electron chi connectivity index (χ0n) is 17.4. The van der Waals surface area contributed by atoms with Gasteiger partial charge in [-0.3, -0.25) is 0 Å². The summed E-state index contributed by atoms with van der Waals surface area (Å²) in [7, 11) is 0. The second-order valence-electron chi connectivity index (χ2n) is 7.84. The number of nitrogens with one attached hydrogen (secondary N) is 1. The molecule has 3 aromatic rings. The summed E-state index contributed by atoms with van der Waals surface area (Å²) in [5, 5.41) is 13.8. The lowest BCUT2D eigenvalue weighted by atomic mass is 10.1. The smallest absolute Gasteiger partial charge is 0.321 e. The number of benzene rings is 2. The highest BCUT2D eigenvalue weighted by molar-refractivity contribution is 5.93. The molecular weight excluding hydrogens is 392 g/mol. The predicted molar refractivity (Wildman–Crippen MR) is 122 cm³/mol. The Morgan fingerprint density at radius 2 is 1.65 bits per heavy atom. The number of carbonyl (C=O) groups is 1. The van der Waals surface area contributed by atoms with Crippen LogP contribution in [0.1, 0.15) is 0 Å². The molecule has 0 bridgehead atoms. The van der Waals surface area contributed by atoms with E-state index in [2.05, 4.69) is 43.5 Å². The van der Waals surface area contributed by atoms with Crippen molar-refractivity contribution < 1.29 is 9.53 Å². The van der Waals surface area contributed by atoms with Crippen molar-refractivity contribution in [2.45, 2.75) is 0 Å². The molecule has 0 aliphatic carbocycles. The summed E-state index contributed by atoms with van der Waals surface area (Å²) in [6, 6.07) is 16.1. The second-order valence-corrected chi connectivity index (χ2v) is 7.84. The maximum Gasteiger partial charge on any atom is 0.321 e. The Morgan fingerprint density at radius 3 is 2.45 bits per heavy atom. The molecule has 0 saturated carbocycles. The molecule has 8 nitrogen and oxygen atoms in total. The van der Waals surface area contributed by atoms with Crippen LogP contribution in [0.15, 0.2) is 54.7 Å². The van der Waals surface area contributed by atoms with Crippen LogP contribution in [0.4, 0.5) is 22.0 Å². The Labute approximate surface area is 181 Å². The molecule has 2 aliphatic rings. The van der Waals surface area contributed by atoms with Gasteiger partial charge in [-0.05, 0) is 22.9 Å². The zero-order chi connectivity index (χ0) is 21.0. The highest BCUT2D eigenvalue weighted by Crippen LogP contribution is 2.22. The third-order valence-corrected chi connectivity index (χ3v) is 5.90. The molecule has 0 atom stereocenters. The van der Waals surface area contributed by atoms with E-state index in [1.807, 2.05) is 41.4 Å². The molecule has 5 rings (SSSR count). The van der Waals surface area contributed by atoms with Crippen LogP contribution in [-0.2, 0) is 4.74 Å². The minimum atomic E-state index is -0.0666. The van der Waals surface area contributed by atoms with E-state index >= 15 is 0 Å². The minimum absolute atomic E-state index is 0.0666. The van der Waals surface area contributed by atoms with Gasteiger partial charge in [0.2, 0.25) is 0 Å². The highest BCUT2D eigenvalue weighted by atomic mass is 16.5. The van der Waals surface area contributed by atoms with Crippen LogP contribution in [0.3, 0.4) is 0 Å². The summed E-state index contributed by atoms with van der Waals surface area (Å²) < 4.78 is 5.43. The van der Waals surface area contributed by atoms with Crippen molar-refractivity contribution in [1.29, 1.82) is 0 Å². The number of fused-ring (bicyclic) bond motifs is 1. The molecule has 31 heavy (non-hydrogen) atoms. The SMILES string of the molecule is O=C(Nc1ccc2ccccc2c1)N1CCN(c2cc(N3CCOCC3)cnn2)CC1. The number of carbonyl (C=O) groups excluding carboxylic acids is 1. The molecule has 0 unspecified atom stereocenters. The Hall–Kier alpha value is -3.39. The van der Waals surface area contributed by atoms with Crippen LogP contribution < -0.4 is 15.1 Å². The van der Waals surface area contributed by atoms with Gasteiger partial charge in [0.15, 0.2) is 5.82 Å². The van der Waals surface area contributed by atoms with Crippen molar-refractivity contribution in [3.05, 3.63) is 54.7 Å². The number of nitrogens with zero attached hydrogens (tertiary/aromatic N) is 5. The van der Waals surface area contributed by atoms with Gasteiger partial charge in [0.05, 0.1) is 25.1 Å². The number of hydrogen-bond acceptors (Lipinski definition) is 6. The Kier molecular flexibility index (Phi) is 5.54. The van der Waals surface area contributed by atoms with E-state index in [-0.39, 0.29) is 6.03 Å². The Morgan fingerprint density at radius 1 is 0.871 bits per heavy atom. The third kappa shape index (κ3) is 4.39. The highest BCUT2D eigenvalue weighted by Gasteiger charge is 2.23. The first-order valence-electron chi connectivity index (χ1n) is 10.7. The average Bonchev–Trinajstić information content (AvgIpc) is 2.85. The fourth-order valence-electron chi connectivity index (χ4n) is 4.10. The minimum Gasteiger partial charge on any atom is -0.378 e. The van der Waals surface area contributed by atoms with Crippen molar-refractivity contribution in [2.24, 2.45) is 0 Å². The van der Waals surface area contributed by atoms with Crippen molar-refractivity contribution in [1.82, 2.24) is 15.1 Å². The number of rotatable bonds is 3. The maximum atomic E-state index is 12.8. The molecule has 8 heteroatoms. The van der Waals surface area contributed by atoms with Crippen molar-refractivity contribution >= 4 is 34.0 Å². The molecule has 0 spiro atoms. The fourth-order valence-corrected chi connectivity index (χ4v) is 4.10. The van der Waals surface area contributed by atoms with E-state index in [0.717, 1.165) is 67.4 Å². The first kappa shape index (κ1) is 19.6. The molecule has 2 fully saturated rings. The van der Waals surface area contributed by atoms with Gasteiger partial charge in [0.25, 0.3) is 0 Å². The molecule has 2 saturated heterocycles. The summed E-state index contributed by atoms with van der Waals surface area (Å²) >= 11 is 0. The fraction of sp³-hybridized carbons (Fsp3) is 0.348. The molecular formula is C23H26N6O2. The largest absolute Gasteiger partial charge is 0.378 e. The van der Waals surface area contributed by atoms with E-state index in [9.17, 15) is 4.79 Å². The quantitative estimate of drug-likeness (QED) is 0.705. The number of amides is 2. The lowest BCUT2D eigenvalue weighted by molar-refractivity contribution is 0.122. The molecule has 160 valence electrons. The van der Waals surface area contributed by atoms with Gasteiger partial charge in [-0.2, -0.15) is 5.10 Å². The summed E-state index contributed by atoms with van der Waals surface area (Å²) in [5.41, 5.74) is 1.89. The van der Waals surface area contributed by atoms with Gasteiger partial charge < -0.3 is 24.8 Å². The number of morpholine rings is 1. The molecule has 3 heterocycles. The van der Waals surface area contributed by atoms with Crippen LogP contribution >= 0.6 is 0 Å². The van der Waals surface area contributed by atoms with Crippen LogP contribution in [0.5, 0.6) is 0 Å². The molecule has 0 radical (unpaired) electrons. The molecule has 2 aromatic carbocycles. The van der Waals surface area contributed by atoms with Crippen molar-refractivity contribution in [3.8, 4) is 0 Å². The number of ether oxygens (including phenoxy) is 1. The summed E-state index contributed by atoms with van der Waals surface area (Å²) in [6.45, 7) is 5.96. The van der Waals surface area contributed by atoms with Crippen molar-refractivity contribution in [2.75, 3.05) is 67.6 Å². The van der Waals surface area contributed by atoms with Gasteiger partial charge in [-0.15, -0.1) is 5.10 Å². The van der Waals surface area contributed by atoms with E-state index < -0.39 is 0 Å². The van der Waals surface area contributed by atoms with Crippen LogP contribution in [0, 0.1) is 0 Å². The predicted octanol–water partition coefficient (Wildman–Crippen LogP) is 2.82. The maximum absolute atomic E-state index is 12.8. The summed E-state index contributed by atoms with van der Waals surface area (Å²) in [5.74, 6) is 0.860. The number of urea groups is 1. The summed E-state index contributed by atoms with van der Waals surface area (Å²) in [6.07, 6.45) is 1.81. The Balaban J connectivity index is 1.19. The first-order valence-corrected chi connectivity index (χ1v) is 10.7. The molecule has 2 aliphatic heterocycles. The van der Waals surface area contributed by atoms with Crippen LogP contribution in [0.2, 0.25) is 0 Å². The zero-order valence-corrected chi connectivity index (χ0v) is 17.4. The lowest BCUT2D eigenvalue weighted by Crippen LogP contribution is -2.50. The summed E-state index contributed by atoms with van der Waals surface area (Å²) in [4.78, 5) is 19.1. The topological polar surface area (TPSA) is 73.8 Å². The lowest BCUT2D eigenvalue weighted by Gasteiger charge is -2.35. The van der Waals surface area contributed by atoms with Gasteiger partial charge in [0.1, 0.15) is 0 Å². The first-order chi connectivity index (χ1) is 15.3. The van der Waals surface area contributed by atoms with E-state index in [1.165, 1.54) is 0 Å². The normalized spacial score (nSPS) is 17.1. The van der Waals surface area contributed by atoms with Gasteiger partial charge in [-0.1, -0.05) is 30.3 Å². The second kappa shape index (κ2) is 8.77. The third-order valence-electron chi connectivity index (χ3n) is 5.90. The van der Waals surface area contributed by atoms with Crippen LogP contribution in [-0.4, -0.2) is 73.6 Å². The van der Waals surface area contributed by atoms with E-state index in [4.69, 9.17) is 4.74 Å². The van der Waals surface area contributed by atoms with E-state index in [0.29, 0.717) is 13.1 Å². The number of anilines is 3. The average molecular weight is 419 g/mol. The van der Waals surface area contributed by atoms with Gasteiger partial charge in [-0.25, -0.2) is 4.79 Å². The Bertz CT molecular complexity index is 1060. The number of hydrogen-bond donors (Lipinski definition) is 1. The monoisotopic (exact) mass is 418 g/mol.